The average Bonchev–Trinajstić information content (AvgIpc) is 2.39. The van der Waals surface area contributed by atoms with Gasteiger partial charge in [0.15, 0.2) is 5.78 Å². The number of nitrogens with one attached hydrogen (secondary N) is 1. The number of anilines is 1. The molecule has 1 fully saturated rings. The summed E-state index contributed by atoms with van der Waals surface area (Å²) in [5.41, 5.74) is 7.28. The molecule has 0 aromatic heterocycles. The van der Waals surface area contributed by atoms with Crippen LogP contribution in [0.25, 0.3) is 0 Å². The average molecular weight is 274 g/mol. The number of ketones is 1. The predicted molar refractivity (Wildman–Crippen MR) is 79.7 cm³/mol. The zero-order valence-electron chi connectivity index (χ0n) is 11.9. The van der Waals surface area contributed by atoms with Crippen molar-refractivity contribution in [3.63, 3.8) is 0 Å². The van der Waals surface area contributed by atoms with Crippen molar-refractivity contribution in [2.24, 2.45) is 5.73 Å². The molecule has 0 heterocycles. The van der Waals surface area contributed by atoms with Gasteiger partial charge < -0.3 is 11.1 Å². The second-order valence-electron chi connectivity index (χ2n) is 5.78. The fraction of sp³-hybridized carbons (Fsp3) is 0.500. The van der Waals surface area contributed by atoms with Crippen molar-refractivity contribution in [1.82, 2.24) is 0 Å². The van der Waals surface area contributed by atoms with Gasteiger partial charge >= 0.3 is 0 Å². The third kappa shape index (κ3) is 3.90. The molecule has 0 saturated heterocycles. The van der Waals surface area contributed by atoms with E-state index in [1.807, 2.05) is 0 Å². The molecule has 20 heavy (non-hydrogen) atoms. The minimum atomic E-state index is -0.346. The van der Waals surface area contributed by atoms with Crippen LogP contribution in [0.3, 0.4) is 0 Å². The van der Waals surface area contributed by atoms with Crippen LogP contribution >= 0.6 is 0 Å². The fourth-order valence-electron chi connectivity index (χ4n) is 2.75. The lowest BCUT2D eigenvalue weighted by Gasteiger charge is -2.32. The molecule has 0 bridgehead atoms. The van der Waals surface area contributed by atoms with Gasteiger partial charge in [-0.3, -0.25) is 9.59 Å². The SMILES string of the molecule is CC(=O)c1ccc(NC(=O)CC2(N)CCCCC2)cc1. The maximum Gasteiger partial charge on any atom is 0.226 e. The van der Waals surface area contributed by atoms with Gasteiger partial charge in [-0.15, -0.1) is 0 Å². The monoisotopic (exact) mass is 274 g/mol. The highest BCUT2D eigenvalue weighted by molar-refractivity contribution is 5.95. The van der Waals surface area contributed by atoms with Crippen molar-refractivity contribution in [2.45, 2.75) is 51.0 Å². The lowest BCUT2D eigenvalue weighted by atomic mass is 9.80. The predicted octanol–water partition coefficient (Wildman–Crippen LogP) is 2.88. The van der Waals surface area contributed by atoms with Gasteiger partial charge in [-0.2, -0.15) is 0 Å². The van der Waals surface area contributed by atoms with E-state index >= 15 is 0 Å². The van der Waals surface area contributed by atoms with Crippen molar-refractivity contribution >= 4 is 17.4 Å². The number of amides is 1. The van der Waals surface area contributed by atoms with E-state index in [1.54, 1.807) is 24.3 Å². The molecule has 2 rings (SSSR count). The highest BCUT2D eigenvalue weighted by atomic mass is 16.1. The maximum absolute atomic E-state index is 12.0. The van der Waals surface area contributed by atoms with Gasteiger partial charge in [-0.05, 0) is 44.0 Å². The van der Waals surface area contributed by atoms with Crippen molar-refractivity contribution < 1.29 is 9.59 Å². The summed E-state index contributed by atoms with van der Waals surface area (Å²) in [6.45, 7) is 1.52. The first-order valence-corrected chi connectivity index (χ1v) is 7.18. The van der Waals surface area contributed by atoms with Crippen molar-refractivity contribution in [1.29, 1.82) is 0 Å². The molecule has 4 nitrogen and oxygen atoms in total. The minimum Gasteiger partial charge on any atom is -0.326 e. The van der Waals surface area contributed by atoms with Crippen molar-refractivity contribution in [3.05, 3.63) is 29.8 Å². The van der Waals surface area contributed by atoms with E-state index in [1.165, 1.54) is 13.3 Å². The molecule has 1 aromatic rings. The Hall–Kier alpha value is -1.68. The summed E-state index contributed by atoms with van der Waals surface area (Å²) in [5, 5.41) is 2.85. The highest BCUT2D eigenvalue weighted by Gasteiger charge is 2.29. The van der Waals surface area contributed by atoms with Crippen molar-refractivity contribution in [3.8, 4) is 0 Å². The number of nitrogens with two attached hydrogens (primary N) is 1. The number of hydrogen-bond donors (Lipinski definition) is 2. The standard InChI is InChI=1S/C16H22N2O2/c1-12(19)13-5-7-14(8-6-13)18-15(20)11-16(17)9-3-2-4-10-16/h5-8H,2-4,9-11,17H2,1H3,(H,18,20). The van der Waals surface area contributed by atoms with Crippen LogP contribution in [0.2, 0.25) is 0 Å². The fourth-order valence-corrected chi connectivity index (χ4v) is 2.75. The van der Waals surface area contributed by atoms with Crippen LogP contribution in [-0.4, -0.2) is 17.2 Å². The molecule has 1 amide bonds. The first kappa shape index (κ1) is 14.7. The summed E-state index contributed by atoms with van der Waals surface area (Å²) >= 11 is 0. The molecular weight excluding hydrogens is 252 g/mol. The maximum atomic E-state index is 12.0. The third-order valence-corrected chi connectivity index (χ3v) is 3.94. The Labute approximate surface area is 119 Å². The quantitative estimate of drug-likeness (QED) is 0.829. The molecule has 0 radical (unpaired) electrons. The normalized spacial score (nSPS) is 17.5. The van der Waals surface area contributed by atoms with E-state index < -0.39 is 0 Å². The van der Waals surface area contributed by atoms with Crippen LogP contribution in [0.5, 0.6) is 0 Å². The van der Waals surface area contributed by atoms with E-state index in [-0.39, 0.29) is 17.2 Å². The Bertz CT molecular complexity index is 488. The van der Waals surface area contributed by atoms with Gasteiger partial charge in [-0.25, -0.2) is 0 Å². The third-order valence-electron chi connectivity index (χ3n) is 3.94. The van der Waals surface area contributed by atoms with E-state index in [9.17, 15) is 9.59 Å². The molecule has 0 atom stereocenters. The Morgan fingerprint density at radius 3 is 2.30 bits per heavy atom. The molecule has 108 valence electrons. The molecule has 0 spiro atoms. The Balaban J connectivity index is 1.92. The van der Waals surface area contributed by atoms with Crippen LogP contribution in [-0.2, 0) is 4.79 Å². The van der Waals surface area contributed by atoms with Crippen LogP contribution in [0.15, 0.2) is 24.3 Å². The zero-order chi connectivity index (χ0) is 14.6. The van der Waals surface area contributed by atoms with Gasteiger partial charge in [0.05, 0.1) is 0 Å². The van der Waals surface area contributed by atoms with Gasteiger partial charge in [-0.1, -0.05) is 19.3 Å². The van der Waals surface area contributed by atoms with Gasteiger partial charge in [0.1, 0.15) is 0 Å². The molecule has 1 aliphatic rings. The van der Waals surface area contributed by atoms with Crippen LogP contribution in [0, 0.1) is 0 Å². The largest absolute Gasteiger partial charge is 0.326 e. The molecule has 1 saturated carbocycles. The summed E-state index contributed by atoms with van der Waals surface area (Å²) < 4.78 is 0. The number of hydrogen-bond acceptors (Lipinski definition) is 3. The zero-order valence-corrected chi connectivity index (χ0v) is 11.9. The van der Waals surface area contributed by atoms with Gasteiger partial charge in [0, 0.05) is 23.2 Å². The summed E-state index contributed by atoms with van der Waals surface area (Å²) in [6.07, 6.45) is 5.64. The lowest BCUT2D eigenvalue weighted by molar-refractivity contribution is -0.117. The Morgan fingerprint density at radius 2 is 1.75 bits per heavy atom. The Kier molecular flexibility index (Phi) is 4.55. The number of rotatable bonds is 4. The molecule has 0 unspecified atom stereocenters. The summed E-state index contributed by atoms with van der Waals surface area (Å²) in [5.74, 6) is -0.0315. The number of carbonyl (C=O) groups excluding carboxylic acids is 2. The van der Waals surface area contributed by atoms with Crippen LogP contribution < -0.4 is 11.1 Å². The van der Waals surface area contributed by atoms with E-state index in [0.29, 0.717) is 17.7 Å². The molecular formula is C16H22N2O2. The summed E-state index contributed by atoms with van der Waals surface area (Å²) in [7, 11) is 0. The summed E-state index contributed by atoms with van der Waals surface area (Å²) in [4.78, 5) is 23.2. The molecule has 1 aliphatic carbocycles. The summed E-state index contributed by atoms with van der Waals surface area (Å²) in [6, 6.07) is 6.94. The van der Waals surface area contributed by atoms with E-state index in [0.717, 1.165) is 25.7 Å². The van der Waals surface area contributed by atoms with Gasteiger partial charge in [0.25, 0.3) is 0 Å². The number of Topliss-reactive ketones (excluding diaryl/α,β-unsaturated/α-hetero) is 1. The topological polar surface area (TPSA) is 72.2 Å². The minimum absolute atomic E-state index is 0.0194. The van der Waals surface area contributed by atoms with Crippen LogP contribution in [0.1, 0.15) is 55.8 Å². The number of carbonyl (C=O) groups is 2. The van der Waals surface area contributed by atoms with Crippen molar-refractivity contribution in [2.75, 3.05) is 5.32 Å². The molecule has 3 N–H and O–H groups in total. The first-order chi connectivity index (χ1) is 9.48. The van der Waals surface area contributed by atoms with Crippen LogP contribution in [0.4, 0.5) is 5.69 Å². The molecule has 4 heteroatoms. The molecule has 1 aromatic carbocycles. The number of benzene rings is 1. The smallest absolute Gasteiger partial charge is 0.226 e. The molecule has 0 aliphatic heterocycles. The van der Waals surface area contributed by atoms with E-state index in [2.05, 4.69) is 5.32 Å². The highest BCUT2D eigenvalue weighted by Crippen LogP contribution is 2.28. The second-order valence-corrected chi connectivity index (χ2v) is 5.78. The van der Waals surface area contributed by atoms with E-state index in [4.69, 9.17) is 5.73 Å². The van der Waals surface area contributed by atoms with Gasteiger partial charge in [0.2, 0.25) is 5.91 Å². The lowest BCUT2D eigenvalue weighted by Crippen LogP contribution is -2.44. The second kappa shape index (κ2) is 6.18. The first-order valence-electron chi connectivity index (χ1n) is 7.18. The Morgan fingerprint density at radius 1 is 1.15 bits per heavy atom.